The zero-order valence-corrected chi connectivity index (χ0v) is 15.4. The standard InChI is InChI=1S/C21H24N4O2/c1-2-22-21(23-12-16-11-15-7-3-4-8-18(15)25-16)24-13-17-14-26-19-9-5-6-10-20(19)27-17/h3-11,17,25H,2,12-14H2,1H3,(H2,22,23,24). The zero-order chi connectivity index (χ0) is 18.5. The van der Waals surface area contributed by atoms with Crippen LogP contribution in [0.15, 0.2) is 59.6 Å². The summed E-state index contributed by atoms with van der Waals surface area (Å²) in [5.74, 6) is 2.35. The summed E-state index contributed by atoms with van der Waals surface area (Å²) in [5.41, 5.74) is 2.21. The summed E-state index contributed by atoms with van der Waals surface area (Å²) in [6.45, 7) is 4.56. The number of benzene rings is 2. The van der Waals surface area contributed by atoms with E-state index in [4.69, 9.17) is 9.47 Å². The lowest BCUT2D eigenvalue weighted by Crippen LogP contribution is -2.45. The molecule has 2 heterocycles. The van der Waals surface area contributed by atoms with E-state index in [9.17, 15) is 0 Å². The van der Waals surface area contributed by atoms with Gasteiger partial charge in [-0.15, -0.1) is 0 Å². The Morgan fingerprint density at radius 3 is 2.78 bits per heavy atom. The number of fused-ring (bicyclic) bond motifs is 2. The van der Waals surface area contributed by atoms with Crippen molar-refractivity contribution in [1.29, 1.82) is 0 Å². The van der Waals surface area contributed by atoms with Gasteiger partial charge in [0.25, 0.3) is 0 Å². The lowest BCUT2D eigenvalue weighted by molar-refractivity contribution is 0.0936. The molecule has 4 rings (SSSR count). The largest absolute Gasteiger partial charge is 0.486 e. The molecule has 0 saturated heterocycles. The summed E-state index contributed by atoms with van der Waals surface area (Å²) in [4.78, 5) is 8.08. The van der Waals surface area contributed by atoms with Crippen molar-refractivity contribution in [2.45, 2.75) is 19.6 Å². The maximum Gasteiger partial charge on any atom is 0.191 e. The quantitative estimate of drug-likeness (QED) is 0.481. The molecule has 3 aromatic rings. The molecule has 0 radical (unpaired) electrons. The van der Waals surface area contributed by atoms with Crippen molar-refractivity contribution in [3.05, 3.63) is 60.3 Å². The number of ether oxygens (including phenoxy) is 2. The fourth-order valence-electron chi connectivity index (χ4n) is 3.10. The number of hydrogen-bond donors (Lipinski definition) is 3. The predicted octanol–water partition coefficient (Wildman–Crippen LogP) is 3.06. The second-order valence-corrected chi connectivity index (χ2v) is 6.46. The van der Waals surface area contributed by atoms with Crippen molar-refractivity contribution in [1.82, 2.24) is 15.6 Å². The van der Waals surface area contributed by atoms with Crippen LogP contribution in [-0.4, -0.2) is 36.7 Å². The van der Waals surface area contributed by atoms with E-state index in [1.165, 1.54) is 5.39 Å². The highest BCUT2D eigenvalue weighted by molar-refractivity contribution is 5.81. The van der Waals surface area contributed by atoms with Crippen LogP contribution in [-0.2, 0) is 6.54 Å². The molecule has 140 valence electrons. The van der Waals surface area contributed by atoms with Gasteiger partial charge < -0.3 is 25.1 Å². The first kappa shape index (κ1) is 17.3. The van der Waals surface area contributed by atoms with E-state index in [0.717, 1.165) is 35.2 Å². The third-order valence-corrected chi connectivity index (χ3v) is 4.40. The SMILES string of the molecule is CCNC(=NCc1cc2ccccc2[nH]1)NCC1COc2ccccc2O1. The summed E-state index contributed by atoms with van der Waals surface area (Å²) in [7, 11) is 0. The minimum absolute atomic E-state index is 0.0585. The molecule has 3 N–H and O–H groups in total. The number of aliphatic imine (C=N–C) groups is 1. The Bertz CT molecular complexity index is 902. The summed E-state index contributed by atoms with van der Waals surface area (Å²) in [6, 6.07) is 18.1. The molecule has 6 heteroatoms. The van der Waals surface area contributed by atoms with Gasteiger partial charge in [-0.25, -0.2) is 4.99 Å². The molecule has 1 atom stereocenters. The average molecular weight is 364 g/mol. The lowest BCUT2D eigenvalue weighted by atomic mass is 10.2. The molecular formula is C21H24N4O2. The minimum Gasteiger partial charge on any atom is -0.486 e. The van der Waals surface area contributed by atoms with Crippen LogP contribution in [0.1, 0.15) is 12.6 Å². The molecule has 6 nitrogen and oxygen atoms in total. The molecule has 0 bridgehead atoms. The van der Waals surface area contributed by atoms with Crippen molar-refractivity contribution in [3.8, 4) is 11.5 Å². The number of H-pyrrole nitrogens is 1. The van der Waals surface area contributed by atoms with Crippen molar-refractivity contribution in [2.75, 3.05) is 19.7 Å². The molecule has 0 amide bonds. The van der Waals surface area contributed by atoms with E-state index in [1.54, 1.807) is 0 Å². The molecule has 0 spiro atoms. The minimum atomic E-state index is -0.0585. The van der Waals surface area contributed by atoms with Gasteiger partial charge in [0, 0.05) is 17.8 Å². The third kappa shape index (κ3) is 4.16. The Kier molecular flexibility index (Phi) is 5.14. The Morgan fingerprint density at radius 2 is 1.93 bits per heavy atom. The fraction of sp³-hybridized carbons (Fsp3) is 0.286. The van der Waals surface area contributed by atoms with Crippen LogP contribution in [0.3, 0.4) is 0 Å². The van der Waals surface area contributed by atoms with E-state index in [-0.39, 0.29) is 6.10 Å². The van der Waals surface area contributed by atoms with E-state index in [1.807, 2.05) is 36.4 Å². The molecule has 2 aromatic carbocycles. The first-order valence-electron chi connectivity index (χ1n) is 9.29. The smallest absolute Gasteiger partial charge is 0.191 e. The van der Waals surface area contributed by atoms with Gasteiger partial charge in [0.15, 0.2) is 17.5 Å². The molecule has 27 heavy (non-hydrogen) atoms. The topological polar surface area (TPSA) is 70.7 Å². The third-order valence-electron chi connectivity index (χ3n) is 4.40. The number of nitrogens with one attached hydrogen (secondary N) is 3. The van der Waals surface area contributed by atoms with Crippen molar-refractivity contribution < 1.29 is 9.47 Å². The van der Waals surface area contributed by atoms with Crippen molar-refractivity contribution >= 4 is 16.9 Å². The van der Waals surface area contributed by atoms with Crippen LogP contribution in [0.4, 0.5) is 0 Å². The van der Waals surface area contributed by atoms with Gasteiger partial charge in [-0.1, -0.05) is 30.3 Å². The highest BCUT2D eigenvalue weighted by atomic mass is 16.6. The summed E-state index contributed by atoms with van der Waals surface area (Å²) < 4.78 is 11.7. The highest BCUT2D eigenvalue weighted by Crippen LogP contribution is 2.30. The molecule has 0 saturated carbocycles. The van der Waals surface area contributed by atoms with Crippen molar-refractivity contribution in [3.63, 3.8) is 0 Å². The predicted molar refractivity (Wildman–Crippen MR) is 107 cm³/mol. The van der Waals surface area contributed by atoms with E-state index < -0.39 is 0 Å². The monoisotopic (exact) mass is 364 g/mol. The highest BCUT2D eigenvalue weighted by Gasteiger charge is 2.20. The molecular weight excluding hydrogens is 340 g/mol. The van der Waals surface area contributed by atoms with Gasteiger partial charge in [0.1, 0.15) is 12.7 Å². The van der Waals surface area contributed by atoms with Crippen LogP contribution in [0.2, 0.25) is 0 Å². The normalized spacial score (nSPS) is 16.3. The maximum absolute atomic E-state index is 5.99. The number of aromatic amines is 1. The second kappa shape index (κ2) is 8.03. The number of hydrogen-bond acceptors (Lipinski definition) is 3. The molecule has 0 aliphatic carbocycles. The Hall–Kier alpha value is -3.15. The van der Waals surface area contributed by atoms with Crippen LogP contribution in [0, 0.1) is 0 Å². The van der Waals surface area contributed by atoms with Crippen LogP contribution >= 0.6 is 0 Å². The fourth-order valence-corrected chi connectivity index (χ4v) is 3.10. The summed E-state index contributed by atoms with van der Waals surface area (Å²) in [5, 5.41) is 7.82. The number of guanidine groups is 1. The first-order valence-corrected chi connectivity index (χ1v) is 9.29. The zero-order valence-electron chi connectivity index (χ0n) is 15.4. The molecule has 1 aliphatic rings. The number of nitrogens with zero attached hydrogens (tertiary/aromatic N) is 1. The Balaban J connectivity index is 1.37. The second-order valence-electron chi connectivity index (χ2n) is 6.46. The van der Waals surface area contributed by atoms with Gasteiger partial charge in [0.05, 0.1) is 13.1 Å². The molecule has 1 aromatic heterocycles. The molecule has 1 unspecified atom stereocenters. The van der Waals surface area contributed by atoms with Crippen LogP contribution in [0.25, 0.3) is 10.9 Å². The van der Waals surface area contributed by atoms with E-state index in [2.05, 4.69) is 45.7 Å². The number of aromatic nitrogens is 1. The van der Waals surface area contributed by atoms with E-state index >= 15 is 0 Å². The van der Waals surface area contributed by atoms with Crippen LogP contribution in [0.5, 0.6) is 11.5 Å². The van der Waals surface area contributed by atoms with Crippen molar-refractivity contribution in [2.24, 2.45) is 4.99 Å². The number of para-hydroxylation sites is 3. The van der Waals surface area contributed by atoms with Gasteiger partial charge in [0.2, 0.25) is 0 Å². The Labute approximate surface area is 158 Å². The molecule has 1 aliphatic heterocycles. The first-order chi connectivity index (χ1) is 13.3. The van der Waals surface area contributed by atoms with Gasteiger partial charge in [-0.3, -0.25) is 0 Å². The van der Waals surface area contributed by atoms with Gasteiger partial charge in [-0.2, -0.15) is 0 Å². The van der Waals surface area contributed by atoms with Gasteiger partial charge >= 0.3 is 0 Å². The average Bonchev–Trinajstić information content (AvgIpc) is 3.13. The summed E-state index contributed by atoms with van der Waals surface area (Å²) >= 11 is 0. The lowest BCUT2D eigenvalue weighted by Gasteiger charge is -2.27. The van der Waals surface area contributed by atoms with Crippen LogP contribution < -0.4 is 20.1 Å². The maximum atomic E-state index is 5.99. The number of rotatable bonds is 5. The van der Waals surface area contributed by atoms with Gasteiger partial charge in [-0.05, 0) is 36.6 Å². The van der Waals surface area contributed by atoms with E-state index in [0.29, 0.717) is 19.7 Å². The Morgan fingerprint density at radius 1 is 1.11 bits per heavy atom. The molecule has 0 fully saturated rings. The summed E-state index contributed by atoms with van der Waals surface area (Å²) in [6.07, 6.45) is -0.0585.